The summed E-state index contributed by atoms with van der Waals surface area (Å²) in [6.07, 6.45) is 12.4. The minimum absolute atomic E-state index is 0.106. The Morgan fingerprint density at radius 3 is 2.78 bits per heavy atom. The zero-order chi connectivity index (χ0) is 16.1. The highest BCUT2D eigenvalue weighted by Crippen LogP contribution is 2.30. The van der Waals surface area contributed by atoms with Crippen LogP contribution in [0.4, 0.5) is 5.13 Å². The van der Waals surface area contributed by atoms with Crippen LogP contribution in [0.15, 0.2) is 41.0 Å². The van der Waals surface area contributed by atoms with Crippen molar-refractivity contribution in [3.8, 4) is 0 Å². The van der Waals surface area contributed by atoms with Gasteiger partial charge in [0.25, 0.3) is 5.91 Å². The fraction of sp³-hybridized carbons (Fsp3) is 0.353. The Kier molecular flexibility index (Phi) is 5.46. The van der Waals surface area contributed by atoms with E-state index in [2.05, 4.69) is 21.4 Å². The van der Waals surface area contributed by atoms with E-state index >= 15 is 0 Å². The van der Waals surface area contributed by atoms with Crippen molar-refractivity contribution in [3.05, 3.63) is 41.5 Å². The van der Waals surface area contributed by atoms with E-state index in [-0.39, 0.29) is 5.91 Å². The summed E-state index contributed by atoms with van der Waals surface area (Å²) in [5.74, 6) is 0.373. The molecule has 2 aromatic heterocycles. The summed E-state index contributed by atoms with van der Waals surface area (Å²) in [4.78, 5) is 21.2. The minimum Gasteiger partial charge on any atom is -0.298 e. The molecule has 6 heteroatoms. The first kappa shape index (κ1) is 16.2. The standard InChI is InChI=1S/C17H19N3OS2/c1-22-15-7-6-13(11-19-15)14(10-12-4-2-3-5-12)16(21)20-17-18-8-9-23-17/h6-12H,2-5H2,1H3,(H,18,20,21). The molecule has 0 aliphatic heterocycles. The molecule has 0 aromatic carbocycles. The number of hydrogen-bond acceptors (Lipinski definition) is 5. The van der Waals surface area contributed by atoms with E-state index in [9.17, 15) is 4.79 Å². The van der Waals surface area contributed by atoms with Crippen molar-refractivity contribution in [2.45, 2.75) is 30.7 Å². The average molecular weight is 345 g/mol. The van der Waals surface area contributed by atoms with E-state index < -0.39 is 0 Å². The largest absolute Gasteiger partial charge is 0.298 e. The lowest BCUT2D eigenvalue weighted by atomic mass is 9.99. The van der Waals surface area contributed by atoms with Crippen molar-refractivity contribution in [1.29, 1.82) is 0 Å². The molecule has 4 nitrogen and oxygen atoms in total. The molecule has 2 aromatic rings. The maximum Gasteiger partial charge on any atom is 0.257 e. The van der Waals surface area contributed by atoms with Gasteiger partial charge in [0.05, 0.1) is 5.03 Å². The number of thioether (sulfide) groups is 1. The molecule has 1 saturated carbocycles. The molecule has 120 valence electrons. The smallest absolute Gasteiger partial charge is 0.257 e. The quantitative estimate of drug-likeness (QED) is 0.641. The number of carbonyl (C=O) groups excluding carboxylic acids is 1. The van der Waals surface area contributed by atoms with Gasteiger partial charge in [-0.3, -0.25) is 10.1 Å². The van der Waals surface area contributed by atoms with Crippen molar-refractivity contribution >= 4 is 39.7 Å². The van der Waals surface area contributed by atoms with E-state index in [1.807, 2.05) is 23.8 Å². The SMILES string of the molecule is CSc1ccc(C(=CC2CCCC2)C(=O)Nc2nccs2)cn1. The Balaban J connectivity index is 1.87. The number of allylic oxidation sites excluding steroid dienone is 1. The second kappa shape index (κ2) is 7.75. The number of thiazole rings is 1. The van der Waals surface area contributed by atoms with Crippen molar-refractivity contribution in [2.75, 3.05) is 11.6 Å². The van der Waals surface area contributed by atoms with Crippen molar-refractivity contribution in [1.82, 2.24) is 9.97 Å². The second-order valence-electron chi connectivity index (χ2n) is 5.51. The van der Waals surface area contributed by atoms with Gasteiger partial charge in [0.15, 0.2) is 5.13 Å². The molecule has 1 amide bonds. The van der Waals surface area contributed by atoms with Crippen LogP contribution in [0.25, 0.3) is 5.57 Å². The third-order valence-corrected chi connectivity index (χ3v) is 5.30. The van der Waals surface area contributed by atoms with Crippen molar-refractivity contribution in [2.24, 2.45) is 5.92 Å². The molecule has 2 heterocycles. The van der Waals surface area contributed by atoms with E-state index in [0.717, 1.165) is 23.4 Å². The van der Waals surface area contributed by atoms with Gasteiger partial charge in [0.1, 0.15) is 0 Å². The maximum atomic E-state index is 12.7. The zero-order valence-corrected chi connectivity index (χ0v) is 14.6. The van der Waals surface area contributed by atoms with Gasteiger partial charge in [0.2, 0.25) is 0 Å². The summed E-state index contributed by atoms with van der Waals surface area (Å²) in [5.41, 5.74) is 1.57. The molecule has 0 saturated heterocycles. The normalized spacial score (nSPS) is 15.8. The van der Waals surface area contributed by atoms with Crippen LogP contribution in [-0.4, -0.2) is 22.1 Å². The molecule has 1 fully saturated rings. The first-order chi connectivity index (χ1) is 11.3. The topological polar surface area (TPSA) is 54.9 Å². The lowest BCUT2D eigenvalue weighted by molar-refractivity contribution is -0.111. The van der Waals surface area contributed by atoms with Gasteiger partial charge in [-0.25, -0.2) is 9.97 Å². The molecular weight excluding hydrogens is 326 g/mol. The monoisotopic (exact) mass is 345 g/mol. The Bertz CT molecular complexity index is 674. The predicted molar refractivity (Wildman–Crippen MR) is 96.7 cm³/mol. The predicted octanol–water partition coefficient (Wildman–Crippen LogP) is 4.47. The molecule has 1 aliphatic rings. The first-order valence-corrected chi connectivity index (χ1v) is 9.80. The summed E-state index contributed by atoms with van der Waals surface area (Å²) in [6.45, 7) is 0. The fourth-order valence-corrected chi connectivity index (χ4v) is 3.66. The molecule has 0 atom stereocenters. The van der Waals surface area contributed by atoms with Gasteiger partial charge in [-0.15, -0.1) is 23.1 Å². The van der Waals surface area contributed by atoms with E-state index in [4.69, 9.17) is 0 Å². The highest BCUT2D eigenvalue weighted by molar-refractivity contribution is 7.98. The summed E-state index contributed by atoms with van der Waals surface area (Å²) in [5, 5.41) is 6.32. The summed E-state index contributed by atoms with van der Waals surface area (Å²) in [7, 11) is 0. The third kappa shape index (κ3) is 4.20. The Hall–Kier alpha value is -1.66. The summed E-state index contributed by atoms with van der Waals surface area (Å²) < 4.78 is 0. The highest BCUT2D eigenvalue weighted by atomic mass is 32.2. The number of rotatable bonds is 5. The van der Waals surface area contributed by atoms with Crippen LogP contribution in [-0.2, 0) is 4.79 Å². The van der Waals surface area contributed by atoms with Crippen LogP contribution < -0.4 is 5.32 Å². The Morgan fingerprint density at radius 2 is 2.17 bits per heavy atom. The molecule has 3 rings (SSSR count). The first-order valence-electron chi connectivity index (χ1n) is 7.69. The number of carbonyl (C=O) groups is 1. The van der Waals surface area contributed by atoms with Crippen molar-refractivity contribution in [3.63, 3.8) is 0 Å². The lowest BCUT2D eigenvalue weighted by Crippen LogP contribution is -2.14. The van der Waals surface area contributed by atoms with Crippen LogP contribution >= 0.6 is 23.1 Å². The fourth-order valence-electron chi connectivity index (χ4n) is 2.77. The number of amides is 1. The molecule has 23 heavy (non-hydrogen) atoms. The molecule has 1 aliphatic carbocycles. The van der Waals surface area contributed by atoms with Gasteiger partial charge < -0.3 is 0 Å². The molecule has 0 unspecified atom stereocenters. The van der Waals surface area contributed by atoms with Gasteiger partial charge in [-0.05, 0) is 37.1 Å². The number of nitrogens with one attached hydrogen (secondary N) is 1. The average Bonchev–Trinajstić information content (AvgIpc) is 3.26. The maximum absolute atomic E-state index is 12.7. The number of hydrogen-bond donors (Lipinski definition) is 1. The Morgan fingerprint density at radius 1 is 1.35 bits per heavy atom. The van der Waals surface area contributed by atoms with Crippen LogP contribution in [0, 0.1) is 5.92 Å². The molecule has 1 N–H and O–H groups in total. The van der Waals surface area contributed by atoms with Gasteiger partial charge in [-0.1, -0.05) is 18.9 Å². The molecule has 0 spiro atoms. The van der Waals surface area contributed by atoms with E-state index in [1.54, 1.807) is 24.2 Å². The van der Waals surface area contributed by atoms with Crippen LogP contribution in [0.5, 0.6) is 0 Å². The number of nitrogens with zero attached hydrogens (tertiary/aromatic N) is 2. The number of aromatic nitrogens is 2. The van der Waals surface area contributed by atoms with E-state index in [0.29, 0.717) is 16.6 Å². The van der Waals surface area contributed by atoms with Gasteiger partial charge in [0, 0.05) is 28.9 Å². The number of pyridine rings is 1. The van der Waals surface area contributed by atoms with Crippen LogP contribution in [0.1, 0.15) is 31.2 Å². The van der Waals surface area contributed by atoms with Crippen LogP contribution in [0.3, 0.4) is 0 Å². The third-order valence-electron chi connectivity index (χ3n) is 3.96. The van der Waals surface area contributed by atoms with Gasteiger partial charge in [-0.2, -0.15) is 0 Å². The lowest BCUT2D eigenvalue weighted by Gasteiger charge is -2.11. The summed E-state index contributed by atoms with van der Waals surface area (Å²) >= 11 is 3.02. The highest BCUT2D eigenvalue weighted by Gasteiger charge is 2.19. The molecular formula is C17H19N3OS2. The molecule has 0 radical (unpaired) electrons. The minimum atomic E-state index is -0.106. The number of anilines is 1. The Labute approximate surface area is 144 Å². The zero-order valence-electron chi connectivity index (χ0n) is 13.0. The second-order valence-corrected chi connectivity index (χ2v) is 7.23. The van der Waals surface area contributed by atoms with Crippen molar-refractivity contribution < 1.29 is 4.79 Å². The molecule has 0 bridgehead atoms. The van der Waals surface area contributed by atoms with E-state index in [1.165, 1.54) is 24.2 Å². The van der Waals surface area contributed by atoms with Crippen LogP contribution in [0.2, 0.25) is 0 Å². The summed E-state index contributed by atoms with van der Waals surface area (Å²) in [6, 6.07) is 3.93. The van der Waals surface area contributed by atoms with Gasteiger partial charge >= 0.3 is 0 Å².